The molecule has 2 amide bonds. The fourth-order valence-corrected chi connectivity index (χ4v) is 11.8. The standard InChI is InChI=1S/C20H25N3O3S.C18H19N3O3S.C14H12ClNO2S/c1-6-23(12-16(24)22(2)3)11-13-10-15-18(25-4)17-14(8-7-9-21-17)19(26-5)20(15)27-13;1-4-21(10-14(22)20(2)3)9-11-8-13-16(23)15-12(6-5-7-19-15)17(24)18(13)25-11;1-17-12-10-6-8(7-15)19-14(10)13(18-2)9-4-3-5-16-11(9)12/h7-10H,6,11-12H2,1-5H3;5-8H,4,9-10H2,1-3H3;3-6H,7H2,1-2H3. The Bertz CT molecular complexity index is 3090. The number of halogens is 1. The Morgan fingerprint density at radius 2 is 1.01 bits per heavy atom. The molecule has 2 aromatic carbocycles. The molecule has 0 bridgehead atoms. The topological polar surface area (TPSA) is 157 Å². The van der Waals surface area contributed by atoms with Gasteiger partial charge in [-0.15, -0.1) is 45.6 Å². The van der Waals surface area contributed by atoms with E-state index in [-0.39, 0.29) is 29.1 Å². The lowest BCUT2D eigenvalue weighted by Gasteiger charge is -2.21. The molecule has 1 aliphatic rings. The van der Waals surface area contributed by atoms with Crippen LogP contribution in [0.2, 0.25) is 0 Å². The number of alkyl halides is 1. The maximum Gasteiger partial charge on any atom is 0.236 e. The van der Waals surface area contributed by atoms with Gasteiger partial charge in [0.15, 0.2) is 11.5 Å². The van der Waals surface area contributed by atoms with E-state index in [1.165, 1.54) is 17.5 Å². The van der Waals surface area contributed by atoms with Crippen LogP contribution >= 0.6 is 45.6 Å². The number of rotatable bonds is 15. The number of hydrogen-bond donors (Lipinski definition) is 0. The van der Waals surface area contributed by atoms with Gasteiger partial charge in [-0.2, -0.15) is 0 Å². The minimum absolute atomic E-state index is 0.0203. The zero-order valence-electron chi connectivity index (χ0n) is 41.4. The van der Waals surface area contributed by atoms with Crippen LogP contribution in [-0.2, 0) is 28.6 Å². The number of amides is 2. The number of pyridine rings is 3. The lowest BCUT2D eigenvalue weighted by Crippen LogP contribution is -2.36. The summed E-state index contributed by atoms with van der Waals surface area (Å²) >= 11 is 10.6. The SMILES string of the molecule is CCN(CC(=O)N(C)C)Cc1cc2c(OC)c3ncccc3c(OC)c2s1.CCN(CC(=O)N(C)C)Cc1cc2c(s1)C(=O)c1cccnc1C2=O.COc1c2cc(CCl)sc2c(OC)c2cccnc12. The van der Waals surface area contributed by atoms with Crippen LogP contribution in [0.3, 0.4) is 0 Å². The molecule has 0 fully saturated rings. The quantitative estimate of drug-likeness (QED) is 0.0896. The highest BCUT2D eigenvalue weighted by Crippen LogP contribution is 2.47. The van der Waals surface area contributed by atoms with E-state index in [9.17, 15) is 19.2 Å². The monoisotopic (exact) mass is 1040 g/mol. The highest BCUT2D eigenvalue weighted by Gasteiger charge is 2.33. The summed E-state index contributed by atoms with van der Waals surface area (Å²) in [5.74, 6) is 3.43. The molecule has 372 valence electrons. The van der Waals surface area contributed by atoms with Gasteiger partial charge in [-0.1, -0.05) is 13.8 Å². The molecule has 15 nitrogen and oxygen atoms in total. The van der Waals surface area contributed by atoms with Crippen LogP contribution in [0.4, 0.5) is 0 Å². The van der Waals surface area contributed by atoms with Crippen molar-refractivity contribution < 1.29 is 38.1 Å². The molecule has 0 spiro atoms. The zero-order chi connectivity index (χ0) is 51.1. The van der Waals surface area contributed by atoms with Crippen molar-refractivity contribution in [3.05, 3.63) is 110 Å². The van der Waals surface area contributed by atoms with E-state index in [1.807, 2.05) is 42.2 Å². The summed E-state index contributed by atoms with van der Waals surface area (Å²) in [7, 11) is 13.7. The summed E-state index contributed by atoms with van der Waals surface area (Å²) in [5.41, 5.74) is 2.62. The maximum absolute atomic E-state index is 12.6. The molecule has 0 atom stereocenters. The minimum Gasteiger partial charge on any atom is -0.495 e. The number of hydrogen-bond acceptors (Lipinski definition) is 16. The average molecular weight is 1040 g/mol. The fourth-order valence-electron chi connectivity index (χ4n) is 8.10. The van der Waals surface area contributed by atoms with Crippen molar-refractivity contribution in [2.75, 3.05) is 82.8 Å². The zero-order valence-corrected chi connectivity index (χ0v) is 44.6. The second kappa shape index (κ2) is 23.3. The number of thiophene rings is 3. The summed E-state index contributed by atoms with van der Waals surface area (Å²) in [6, 6.07) is 17.0. The Kier molecular flexibility index (Phi) is 17.2. The first-order valence-corrected chi connectivity index (χ1v) is 25.6. The van der Waals surface area contributed by atoms with E-state index in [1.54, 1.807) is 120 Å². The van der Waals surface area contributed by atoms with Crippen LogP contribution < -0.4 is 18.9 Å². The molecule has 9 rings (SSSR count). The van der Waals surface area contributed by atoms with Crippen molar-refractivity contribution in [2.45, 2.75) is 32.8 Å². The van der Waals surface area contributed by atoms with E-state index in [0.29, 0.717) is 54.6 Å². The van der Waals surface area contributed by atoms with Crippen molar-refractivity contribution in [3.8, 4) is 23.0 Å². The van der Waals surface area contributed by atoms with Gasteiger partial charge in [0, 0.05) is 102 Å². The predicted octanol–water partition coefficient (Wildman–Crippen LogP) is 9.41. The Morgan fingerprint density at radius 1 is 0.563 bits per heavy atom. The number of ether oxygens (including phenoxy) is 4. The lowest BCUT2D eigenvalue weighted by atomic mass is 9.93. The van der Waals surface area contributed by atoms with Gasteiger partial charge in [0.05, 0.1) is 67.2 Å². The molecular formula is C52H56ClN7O8S3. The summed E-state index contributed by atoms with van der Waals surface area (Å²) in [6.45, 7) is 7.47. The van der Waals surface area contributed by atoms with Gasteiger partial charge in [-0.05, 0) is 67.7 Å². The maximum atomic E-state index is 12.6. The Labute approximate surface area is 429 Å². The van der Waals surface area contributed by atoms with Gasteiger partial charge in [0.25, 0.3) is 0 Å². The van der Waals surface area contributed by atoms with Crippen molar-refractivity contribution in [2.24, 2.45) is 0 Å². The van der Waals surface area contributed by atoms with Crippen LogP contribution in [-0.4, -0.2) is 141 Å². The molecule has 0 N–H and O–H groups in total. The van der Waals surface area contributed by atoms with E-state index in [0.717, 1.165) is 86.2 Å². The highest BCUT2D eigenvalue weighted by atomic mass is 35.5. The van der Waals surface area contributed by atoms with E-state index < -0.39 is 0 Å². The molecule has 0 radical (unpaired) electrons. The van der Waals surface area contributed by atoms with E-state index in [2.05, 4.69) is 32.8 Å². The van der Waals surface area contributed by atoms with Crippen LogP contribution in [0.25, 0.3) is 42.0 Å². The molecule has 0 unspecified atom stereocenters. The third kappa shape index (κ3) is 11.0. The number of carbonyl (C=O) groups excluding carboxylic acids is 4. The fraction of sp³-hybridized carbons (Fsp3) is 0.327. The molecule has 6 aromatic heterocycles. The molecule has 19 heteroatoms. The van der Waals surface area contributed by atoms with Gasteiger partial charge in [-0.25, -0.2) is 0 Å². The molecule has 0 aliphatic heterocycles. The number of nitrogens with zero attached hydrogens (tertiary/aromatic N) is 7. The van der Waals surface area contributed by atoms with Crippen molar-refractivity contribution >= 4 is 111 Å². The minimum atomic E-state index is -0.208. The smallest absolute Gasteiger partial charge is 0.236 e. The summed E-state index contributed by atoms with van der Waals surface area (Å²) in [6.07, 6.45) is 5.04. The average Bonchev–Trinajstić information content (AvgIpc) is 4.13. The Balaban J connectivity index is 0.000000159. The lowest BCUT2D eigenvalue weighted by molar-refractivity contribution is -0.130. The number of fused-ring (bicyclic) bond motifs is 6. The van der Waals surface area contributed by atoms with Crippen molar-refractivity contribution in [3.63, 3.8) is 0 Å². The van der Waals surface area contributed by atoms with Crippen LogP contribution in [0.5, 0.6) is 23.0 Å². The van der Waals surface area contributed by atoms with Gasteiger partial charge < -0.3 is 28.7 Å². The number of carbonyl (C=O) groups is 4. The molecule has 0 saturated carbocycles. The molecule has 1 aliphatic carbocycles. The normalized spacial score (nSPS) is 11.8. The third-order valence-corrected chi connectivity index (χ3v) is 15.6. The number of methoxy groups -OCH3 is 4. The number of benzene rings is 2. The summed E-state index contributed by atoms with van der Waals surface area (Å²) in [4.78, 5) is 73.1. The van der Waals surface area contributed by atoms with Crippen molar-refractivity contribution in [1.29, 1.82) is 0 Å². The van der Waals surface area contributed by atoms with Gasteiger partial charge in [-0.3, -0.25) is 43.9 Å². The van der Waals surface area contributed by atoms with Crippen LogP contribution in [0.15, 0.2) is 73.2 Å². The summed E-state index contributed by atoms with van der Waals surface area (Å²) < 4.78 is 24.6. The van der Waals surface area contributed by atoms with Gasteiger partial charge >= 0.3 is 0 Å². The van der Waals surface area contributed by atoms with Crippen molar-refractivity contribution in [1.82, 2.24) is 34.6 Å². The molecular weight excluding hydrogens is 982 g/mol. The number of ketones is 2. The first-order valence-electron chi connectivity index (χ1n) is 22.6. The third-order valence-electron chi connectivity index (χ3n) is 11.8. The highest BCUT2D eigenvalue weighted by molar-refractivity contribution is 7.20. The van der Waals surface area contributed by atoms with Gasteiger partial charge in [0.2, 0.25) is 23.4 Å². The predicted molar refractivity (Wildman–Crippen MR) is 285 cm³/mol. The second-order valence-corrected chi connectivity index (χ2v) is 20.4. The van der Waals surface area contributed by atoms with E-state index in [4.69, 9.17) is 30.5 Å². The molecule has 71 heavy (non-hydrogen) atoms. The van der Waals surface area contributed by atoms with Gasteiger partial charge in [0.1, 0.15) is 28.2 Å². The van der Waals surface area contributed by atoms with E-state index >= 15 is 0 Å². The molecule has 8 aromatic rings. The number of likely N-dealkylation sites (N-methyl/N-ethyl adjacent to an activating group) is 4. The number of aromatic nitrogens is 3. The second-order valence-electron chi connectivity index (χ2n) is 16.7. The Morgan fingerprint density at radius 3 is 1.48 bits per heavy atom. The summed E-state index contributed by atoms with van der Waals surface area (Å²) in [5, 5.41) is 3.90. The molecule has 0 saturated heterocycles. The van der Waals surface area contributed by atoms with Crippen LogP contribution in [0.1, 0.15) is 59.8 Å². The molecule has 6 heterocycles. The van der Waals surface area contributed by atoms with Crippen LogP contribution in [0, 0.1) is 0 Å². The first kappa shape index (κ1) is 52.5. The first-order chi connectivity index (χ1) is 34.2. The largest absolute Gasteiger partial charge is 0.495 e. The Hall–Kier alpha value is -6.28.